The summed E-state index contributed by atoms with van der Waals surface area (Å²) in [7, 11) is 0. The summed E-state index contributed by atoms with van der Waals surface area (Å²) in [6.07, 6.45) is 0. The lowest BCUT2D eigenvalue weighted by Gasteiger charge is -2.42. The molecule has 1 heterocycles. The van der Waals surface area contributed by atoms with Crippen LogP contribution in [0.1, 0.15) is 72.2 Å². The smallest absolute Gasteiger partial charge is 0.0756 e. The molecule has 0 saturated heterocycles. The summed E-state index contributed by atoms with van der Waals surface area (Å²) in [6.45, 7) is 9.51. The molecule has 334 valence electrons. The fraction of sp³-hybridized carbons (Fsp3) is 0.104. The van der Waals surface area contributed by atoms with Gasteiger partial charge in [0.1, 0.15) is 0 Å². The molecule has 3 aliphatic carbocycles. The van der Waals surface area contributed by atoms with Crippen molar-refractivity contribution in [1.82, 2.24) is 0 Å². The quantitative estimate of drug-likeness (QED) is 0.164. The van der Waals surface area contributed by atoms with Crippen LogP contribution in [-0.2, 0) is 16.2 Å². The summed E-state index contributed by atoms with van der Waals surface area (Å²) in [4.78, 5) is 7.57. The van der Waals surface area contributed by atoms with E-state index in [-0.39, 0.29) is 10.8 Å². The van der Waals surface area contributed by atoms with Gasteiger partial charge in [-0.25, -0.2) is 0 Å². The minimum absolute atomic E-state index is 0.137. The van der Waals surface area contributed by atoms with Crippen LogP contribution in [0.25, 0.3) is 33.4 Å². The fourth-order valence-electron chi connectivity index (χ4n) is 12.9. The molecule has 1 spiro atoms. The highest BCUT2D eigenvalue weighted by atomic mass is 32.2. The number of anilines is 6. The minimum Gasteiger partial charge on any atom is -0.310 e. The van der Waals surface area contributed by atoms with Crippen LogP contribution in [0.15, 0.2) is 240 Å². The van der Waals surface area contributed by atoms with Gasteiger partial charge >= 0.3 is 0 Å². The summed E-state index contributed by atoms with van der Waals surface area (Å²) in [6, 6.07) is 86.9. The maximum atomic E-state index is 2.54. The lowest BCUT2D eigenvalue weighted by Crippen LogP contribution is -2.33. The van der Waals surface area contributed by atoms with E-state index in [2.05, 4.69) is 268 Å². The lowest BCUT2D eigenvalue weighted by atomic mass is 9.66. The van der Waals surface area contributed by atoms with E-state index in [1.807, 2.05) is 11.8 Å². The zero-order chi connectivity index (χ0) is 46.9. The average Bonchev–Trinajstić information content (AvgIpc) is 3.92. The zero-order valence-corrected chi connectivity index (χ0v) is 40.6. The molecule has 10 aromatic rings. The third kappa shape index (κ3) is 5.64. The maximum Gasteiger partial charge on any atom is 0.0756 e. The first-order valence-corrected chi connectivity index (χ1v) is 25.4. The monoisotopic (exact) mass is 914 g/mol. The summed E-state index contributed by atoms with van der Waals surface area (Å²) < 4.78 is 0. The first-order valence-electron chi connectivity index (χ1n) is 24.6. The third-order valence-corrected chi connectivity index (χ3v) is 17.2. The molecule has 4 aliphatic rings. The number of nitrogens with zero attached hydrogens (tertiary/aromatic N) is 2. The van der Waals surface area contributed by atoms with Crippen LogP contribution in [0, 0.1) is 0 Å². The summed E-state index contributed by atoms with van der Waals surface area (Å²) in [5.74, 6) is 0. The highest BCUT2D eigenvalue weighted by molar-refractivity contribution is 7.99. The van der Waals surface area contributed by atoms with E-state index in [4.69, 9.17) is 0 Å². The van der Waals surface area contributed by atoms with Gasteiger partial charge in [0.05, 0.1) is 11.1 Å². The summed E-state index contributed by atoms with van der Waals surface area (Å²) >= 11 is 1.90. The molecule has 70 heavy (non-hydrogen) atoms. The van der Waals surface area contributed by atoms with Crippen LogP contribution in [0.3, 0.4) is 0 Å². The van der Waals surface area contributed by atoms with Gasteiger partial charge in [0.25, 0.3) is 0 Å². The van der Waals surface area contributed by atoms with Crippen LogP contribution in [-0.4, -0.2) is 0 Å². The lowest BCUT2D eigenvalue weighted by molar-refractivity contribution is 0.660. The molecule has 1 atom stereocenters. The Hall–Kier alpha value is -7.85. The van der Waals surface area contributed by atoms with Crippen LogP contribution >= 0.6 is 11.8 Å². The SMILES string of the molecule is CC1(C)c2ccccc2-c2ccc(N(c3ccccc3)c3ccc4c(c3)C3(c5ccccc5S4)c4ccccc4-c4cccc(N(c5ccccc5)c5ccc6c(c5)C(C)(C)c5ccccc5-6)c43)cc21. The molecule has 0 aromatic heterocycles. The molecule has 1 unspecified atom stereocenters. The normalized spacial score (nSPS) is 16.5. The Labute approximate surface area is 415 Å². The van der Waals surface area contributed by atoms with E-state index in [1.54, 1.807) is 0 Å². The predicted octanol–water partition coefficient (Wildman–Crippen LogP) is 18.1. The summed E-state index contributed by atoms with van der Waals surface area (Å²) in [5.41, 5.74) is 24.4. The first-order chi connectivity index (χ1) is 34.2. The van der Waals surface area contributed by atoms with E-state index < -0.39 is 5.41 Å². The Balaban J connectivity index is 1.03. The van der Waals surface area contributed by atoms with Crippen LogP contribution in [0.4, 0.5) is 34.1 Å². The molecule has 2 nitrogen and oxygen atoms in total. The molecule has 1 aliphatic heterocycles. The number of hydrogen-bond acceptors (Lipinski definition) is 3. The number of para-hydroxylation sites is 2. The molecule has 0 saturated carbocycles. The average molecular weight is 915 g/mol. The zero-order valence-electron chi connectivity index (χ0n) is 39.7. The second-order valence-corrected chi connectivity index (χ2v) is 21.5. The number of fused-ring (bicyclic) bond motifs is 15. The Morgan fingerprint density at radius 2 is 0.700 bits per heavy atom. The molecular weight excluding hydrogens is 865 g/mol. The molecule has 0 radical (unpaired) electrons. The topological polar surface area (TPSA) is 6.48 Å². The van der Waals surface area contributed by atoms with Crippen molar-refractivity contribution in [2.24, 2.45) is 0 Å². The number of rotatable bonds is 6. The van der Waals surface area contributed by atoms with Gasteiger partial charge in [-0.1, -0.05) is 191 Å². The second-order valence-electron chi connectivity index (χ2n) is 20.4. The van der Waals surface area contributed by atoms with Gasteiger partial charge in [0.2, 0.25) is 0 Å². The molecule has 14 rings (SSSR count). The van der Waals surface area contributed by atoms with Crippen LogP contribution in [0.5, 0.6) is 0 Å². The van der Waals surface area contributed by atoms with Crippen molar-refractivity contribution in [3.05, 3.63) is 275 Å². The standard InChI is InChI=1S/C67H50N2S/c1-65(2)54-28-14-11-24-48(54)51-37-34-45(40-58(51)65)68(43-20-7-5-8-21-43)46-36-39-63-60(42-46)67(57-31-17-18-33-62(57)70-63)56-30-16-13-26-50(56)53-27-19-32-61(64(53)67)69(44-22-9-6-10-23-44)47-35-38-52-49-25-12-15-29-55(49)66(3,4)59(52)41-47/h5-42H,1-4H3. The van der Waals surface area contributed by atoms with Gasteiger partial charge in [0.15, 0.2) is 0 Å². The molecule has 0 bridgehead atoms. The highest BCUT2D eigenvalue weighted by Gasteiger charge is 2.52. The second kappa shape index (κ2) is 15.1. The molecule has 0 fully saturated rings. The van der Waals surface area contributed by atoms with Gasteiger partial charge in [-0.15, -0.1) is 0 Å². The van der Waals surface area contributed by atoms with E-state index in [1.165, 1.54) is 93.4 Å². The molecular formula is C67H50N2S. The van der Waals surface area contributed by atoms with E-state index in [9.17, 15) is 0 Å². The molecule has 10 aromatic carbocycles. The van der Waals surface area contributed by atoms with Gasteiger partial charge < -0.3 is 9.80 Å². The van der Waals surface area contributed by atoms with Gasteiger partial charge in [-0.05, 0) is 151 Å². The van der Waals surface area contributed by atoms with Crippen molar-refractivity contribution in [3.8, 4) is 33.4 Å². The first kappa shape index (κ1) is 41.2. The van der Waals surface area contributed by atoms with Crippen molar-refractivity contribution in [1.29, 1.82) is 0 Å². The maximum absolute atomic E-state index is 2.54. The van der Waals surface area contributed by atoms with E-state index >= 15 is 0 Å². The van der Waals surface area contributed by atoms with Crippen LogP contribution in [0.2, 0.25) is 0 Å². The number of hydrogen-bond donors (Lipinski definition) is 0. The largest absolute Gasteiger partial charge is 0.310 e. The van der Waals surface area contributed by atoms with Gasteiger partial charge in [0, 0.05) is 54.6 Å². The van der Waals surface area contributed by atoms with Crippen molar-refractivity contribution in [3.63, 3.8) is 0 Å². The predicted molar refractivity (Wildman–Crippen MR) is 292 cm³/mol. The van der Waals surface area contributed by atoms with Gasteiger partial charge in [-0.2, -0.15) is 0 Å². The van der Waals surface area contributed by atoms with Gasteiger partial charge in [-0.3, -0.25) is 0 Å². The Kier molecular flexibility index (Phi) is 8.86. The Bertz CT molecular complexity index is 3770. The highest BCUT2D eigenvalue weighted by Crippen LogP contribution is 2.66. The van der Waals surface area contributed by atoms with E-state index in [0.29, 0.717) is 0 Å². The molecule has 0 amide bonds. The van der Waals surface area contributed by atoms with E-state index in [0.717, 1.165) is 28.4 Å². The molecule has 3 heteroatoms. The Morgan fingerprint density at radius 1 is 0.286 bits per heavy atom. The van der Waals surface area contributed by atoms with Crippen molar-refractivity contribution in [2.75, 3.05) is 9.80 Å². The fourth-order valence-corrected chi connectivity index (χ4v) is 14.1. The van der Waals surface area contributed by atoms with Crippen molar-refractivity contribution < 1.29 is 0 Å². The van der Waals surface area contributed by atoms with Crippen molar-refractivity contribution >= 4 is 45.9 Å². The summed E-state index contributed by atoms with van der Waals surface area (Å²) in [5, 5.41) is 0. The number of benzene rings is 10. The minimum atomic E-state index is -0.668. The molecule has 0 N–H and O–H groups in total. The third-order valence-electron chi connectivity index (χ3n) is 16.1. The van der Waals surface area contributed by atoms with Crippen LogP contribution < -0.4 is 9.80 Å². The Morgan fingerprint density at radius 3 is 1.30 bits per heavy atom. The van der Waals surface area contributed by atoms with Crippen molar-refractivity contribution in [2.45, 2.75) is 53.7 Å².